The SMILES string of the molecule is CCS(=O)(=O)c1cccc(-c2cc(C(=O)N[C@H]3CC[C@@H](O)CC3)c(C)c3[nH]c4ncc(C)cc4c23)c1. The molecule has 0 saturated heterocycles. The normalized spacial score (nSPS) is 18.6. The number of aromatic amines is 1. The predicted octanol–water partition coefficient (Wildman–Crippen LogP) is 4.83. The van der Waals surface area contributed by atoms with E-state index >= 15 is 0 Å². The van der Waals surface area contributed by atoms with Crippen LogP contribution >= 0.6 is 0 Å². The third-order valence-corrected chi connectivity index (χ3v) is 9.02. The molecule has 1 aliphatic rings. The van der Waals surface area contributed by atoms with Gasteiger partial charge < -0.3 is 15.4 Å². The number of amides is 1. The van der Waals surface area contributed by atoms with E-state index in [4.69, 9.17) is 0 Å². The molecule has 5 rings (SSSR count). The summed E-state index contributed by atoms with van der Waals surface area (Å²) in [5, 5.41) is 14.8. The van der Waals surface area contributed by atoms with Gasteiger partial charge >= 0.3 is 0 Å². The number of hydrogen-bond acceptors (Lipinski definition) is 5. The minimum absolute atomic E-state index is 0.0136. The topological polar surface area (TPSA) is 112 Å². The van der Waals surface area contributed by atoms with Crippen LogP contribution in [0.4, 0.5) is 0 Å². The fraction of sp³-hybridized carbons (Fsp3) is 0.357. The number of nitrogens with zero attached hydrogens (tertiary/aromatic N) is 1. The molecule has 0 atom stereocenters. The van der Waals surface area contributed by atoms with Crippen LogP contribution < -0.4 is 5.32 Å². The van der Waals surface area contributed by atoms with E-state index in [2.05, 4.69) is 21.4 Å². The molecule has 1 amide bonds. The molecular weight excluding hydrogens is 474 g/mol. The highest BCUT2D eigenvalue weighted by Crippen LogP contribution is 2.38. The van der Waals surface area contributed by atoms with Crippen molar-refractivity contribution in [3.8, 4) is 11.1 Å². The number of aryl methyl sites for hydroxylation is 2. The van der Waals surface area contributed by atoms with Crippen molar-refractivity contribution in [3.63, 3.8) is 0 Å². The minimum atomic E-state index is -3.40. The highest BCUT2D eigenvalue weighted by Gasteiger charge is 2.25. The third-order valence-electron chi connectivity index (χ3n) is 7.28. The summed E-state index contributed by atoms with van der Waals surface area (Å²) in [6, 6.07) is 10.9. The zero-order chi connectivity index (χ0) is 25.6. The van der Waals surface area contributed by atoms with Gasteiger partial charge in [0, 0.05) is 28.6 Å². The van der Waals surface area contributed by atoms with E-state index in [0.717, 1.165) is 57.0 Å². The second-order valence-electron chi connectivity index (χ2n) is 9.79. The van der Waals surface area contributed by atoms with Crippen molar-refractivity contribution < 1.29 is 18.3 Å². The van der Waals surface area contributed by atoms with Gasteiger partial charge in [0.25, 0.3) is 5.91 Å². The van der Waals surface area contributed by atoms with E-state index in [1.165, 1.54) is 0 Å². The molecule has 3 N–H and O–H groups in total. The molecular formula is C28H31N3O4S. The standard InChI is InChI=1S/C28H31N3O4S/c1-4-36(34,35)21-7-5-6-18(13-21)23-14-22(28(33)30-19-8-10-20(32)11-9-19)17(3)26-25(23)24-12-16(2)15-29-27(24)31-26/h5-7,12-15,19-20,32H,4,8-11H2,1-3H3,(H,29,31)(H,30,33)/t19-,20+. The molecule has 0 bridgehead atoms. The zero-order valence-electron chi connectivity index (χ0n) is 20.8. The number of nitrogens with one attached hydrogen (secondary N) is 2. The van der Waals surface area contributed by atoms with Gasteiger partial charge in [-0.3, -0.25) is 4.79 Å². The lowest BCUT2D eigenvalue weighted by atomic mass is 9.91. The Labute approximate surface area is 210 Å². The monoisotopic (exact) mass is 505 g/mol. The number of H-pyrrole nitrogens is 1. The number of carbonyl (C=O) groups is 1. The van der Waals surface area contributed by atoms with Crippen LogP contribution in [0.3, 0.4) is 0 Å². The summed E-state index contributed by atoms with van der Waals surface area (Å²) in [4.78, 5) is 21.7. The number of benzene rings is 2. The second kappa shape index (κ2) is 9.33. The molecule has 0 radical (unpaired) electrons. The quantitative estimate of drug-likeness (QED) is 0.360. The van der Waals surface area contributed by atoms with Crippen molar-refractivity contribution >= 4 is 37.7 Å². The Morgan fingerprint density at radius 2 is 1.89 bits per heavy atom. The van der Waals surface area contributed by atoms with E-state index in [0.29, 0.717) is 18.4 Å². The van der Waals surface area contributed by atoms with Crippen molar-refractivity contribution in [2.45, 2.75) is 63.5 Å². The molecule has 8 heteroatoms. The van der Waals surface area contributed by atoms with Gasteiger partial charge in [-0.05, 0) is 86.1 Å². The van der Waals surface area contributed by atoms with Crippen LogP contribution in [0.25, 0.3) is 33.1 Å². The Kier molecular flexibility index (Phi) is 6.34. The fourth-order valence-corrected chi connectivity index (χ4v) is 6.09. The molecule has 0 aliphatic heterocycles. The van der Waals surface area contributed by atoms with Gasteiger partial charge in [-0.1, -0.05) is 19.1 Å². The first-order valence-electron chi connectivity index (χ1n) is 12.4. The molecule has 2 aromatic heterocycles. The van der Waals surface area contributed by atoms with Gasteiger partial charge in [0.2, 0.25) is 0 Å². The molecule has 4 aromatic rings. The number of sulfone groups is 1. The number of pyridine rings is 1. The van der Waals surface area contributed by atoms with Gasteiger partial charge in [-0.15, -0.1) is 0 Å². The smallest absolute Gasteiger partial charge is 0.251 e. The number of rotatable bonds is 5. The summed E-state index contributed by atoms with van der Waals surface area (Å²) >= 11 is 0. The molecule has 2 aromatic carbocycles. The number of fused-ring (bicyclic) bond motifs is 3. The van der Waals surface area contributed by atoms with Crippen molar-refractivity contribution in [1.82, 2.24) is 15.3 Å². The van der Waals surface area contributed by atoms with Crippen LogP contribution in [0.15, 0.2) is 47.5 Å². The Hall–Kier alpha value is -3.23. The summed E-state index contributed by atoms with van der Waals surface area (Å²) in [6.45, 7) is 5.54. The van der Waals surface area contributed by atoms with Crippen LogP contribution in [-0.4, -0.2) is 47.3 Å². The molecule has 0 spiro atoms. The van der Waals surface area contributed by atoms with Crippen LogP contribution in [0, 0.1) is 13.8 Å². The second-order valence-corrected chi connectivity index (χ2v) is 12.1. The number of aliphatic hydroxyl groups excluding tert-OH is 1. The lowest BCUT2D eigenvalue weighted by Crippen LogP contribution is -2.38. The molecule has 1 aliphatic carbocycles. The lowest BCUT2D eigenvalue weighted by Gasteiger charge is -2.26. The Morgan fingerprint density at radius 1 is 1.14 bits per heavy atom. The maximum atomic E-state index is 13.5. The first-order chi connectivity index (χ1) is 17.2. The first kappa shape index (κ1) is 24.5. The number of aliphatic hydroxyl groups is 1. The average molecular weight is 506 g/mol. The van der Waals surface area contributed by atoms with Crippen LogP contribution in [0.5, 0.6) is 0 Å². The van der Waals surface area contributed by atoms with Gasteiger partial charge in [0.1, 0.15) is 5.65 Å². The van der Waals surface area contributed by atoms with Crippen molar-refractivity contribution in [1.29, 1.82) is 0 Å². The highest BCUT2D eigenvalue weighted by molar-refractivity contribution is 7.91. The van der Waals surface area contributed by atoms with Crippen molar-refractivity contribution in [2.24, 2.45) is 0 Å². The fourth-order valence-electron chi connectivity index (χ4n) is 5.17. The minimum Gasteiger partial charge on any atom is -0.393 e. The highest BCUT2D eigenvalue weighted by atomic mass is 32.2. The van der Waals surface area contributed by atoms with Gasteiger partial charge in [-0.2, -0.15) is 0 Å². The molecule has 188 valence electrons. The van der Waals surface area contributed by atoms with E-state index in [1.54, 1.807) is 31.3 Å². The maximum absolute atomic E-state index is 13.5. The van der Waals surface area contributed by atoms with E-state index < -0.39 is 9.84 Å². The summed E-state index contributed by atoms with van der Waals surface area (Å²) < 4.78 is 25.3. The molecule has 0 unspecified atom stereocenters. The molecule has 1 saturated carbocycles. The number of carbonyl (C=O) groups excluding carboxylic acids is 1. The van der Waals surface area contributed by atoms with Gasteiger partial charge in [-0.25, -0.2) is 13.4 Å². The Balaban J connectivity index is 1.71. The predicted molar refractivity (Wildman–Crippen MR) is 142 cm³/mol. The summed E-state index contributed by atoms with van der Waals surface area (Å²) in [5.74, 6) is -0.156. The van der Waals surface area contributed by atoms with Crippen molar-refractivity contribution in [3.05, 3.63) is 59.3 Å². The first-order valence-corrected chi connectivity index (χ1v) is 14.1. The molecule has 36 heavy (non-hydrogen) atoms. The Bertz CT molecular complexity index is 1580. The molecule has 2 heterocycles. The largest absolute Gasteiger partial charge is 0.393 e. The summed E-state index contributed by atoms with van der Waals surface area (Å²) in [5.41, 5.74) is 5.41. The number of hydrogen-bond donors (Lipinski definition) is 3. The van der Waals surface area contributed by atoms with E-state index in [-0.39, 0.29) is 28.7 Å². The lowest BCUT2D eigenvalue weighted by molar-refractivity contribution is 0.0867. The van der Waals surface area contributed by atoms with Crippen LogP contribution in [-0.2, 0) is 9.84 Å². The van der Waals surface area contributed by atoms with Crippen LogP contribution in [0.2, 0.25) is 0 Å². The summed E-state index contributed by atoms with van der Waals surface area (Å²) in [7, 11) is -3.40. The molecule has 7 nitrogen and oxygen atoms in total. The Morgan fingerprint density at radius 3 is 2.61 bits per heavy atom. The van der Waals surface area contributed by atoms with E-state index in [1.807, 2.05) is 26.0 Å². The van der Waals surface area contributed by atoms with Crippen molar-refractivity contribution in [2.75, 3.05) is 5.75 Å². The average Bonchev–Trinajstić information content (AvgIpc) is 3.25. The maximum Gasteiger partial charge on any atom is 0.251 e. The van der Waals surface area contributed by atoms with E-state index in [9.17, 15) is 18.3 Å². The zero-order valence-corrected chi connectivity index (χ0v) is 21.6. The summed E-state index contributed by atoms with van der Waals surface area (Å²) in [6.07, 6.45) is 4.35. The van der Waals surface area contributed by atoms with Crippen LogP contribution in [0.1, 0.15) is 54.1 Å². The number of aromatic nitrogens is 2. The van der Waals surface area contributed by atoms with Gasteiger partial charge in [0.05, 0.1) is 22.3 Å². The third kappa shape index (κ3) is 4.40. The molecule has 1 fully saturated rings. The van der Waals surface area contributed by atoms with Gasteiger partial charge in [0.15, 0.2) is 9.84 Å².